The van der Waals surface area contributed by atoms with Gasteiger partial charge in [-0.1, -0.05) is 5.47 Å². The monoisotopic (exact) mass is 159 g/mol. The highest BCUT2D eigenvalue weighted by Gasteiger charge is 2.27. The largest absolute Gasteiger partial charge is 0.545 e. The van der Waals surface area contributed by atoms with E-state index < -0.39 is 0 Å². The molecule has 3 radical (unpaired) electrons. The molecule has 1 heterocycles. The second-order valence-electron chi connectivity index (χ2n) is 4.27. The average molecular weight is 159 g/mol. The molecular weight excluding hydrogens is 145 g/mol. The number of hydrogen-bond donors (Lipinski definition) is 0. The quantitative estimate of drug-likeness (QED) is 0.369. The van der Waals surface area contributed by atoms with E-state index >= 15 is 0 Å². The molecule has 0 unspecified atom stereocenters. The molecule has 0 saturated carbocycles. The lowest BCUT2D eigenvalue weighted by molar-refractivity contribution is -0.768. The fourth-order valence-electron chi connectivity index (χ4n) is 1.84. The molecule has 2 rings (SSSR count). The fraction of sp³-hybridized carbons (Fsp3) is 0.400. The Bertz CT molecular complexity index is 274. The molecule has 0 amide bonds. The Morgan fingerprint density at radius 2 is 2.25 bits per heavy atom. The maximum absolute atomic E-state index is 2.32. The first-order chi connectivity index (χ1) is 5.57. The highest BCUT2D eigenvalue weighted by molar-refractivity contribution is 6.40. The Kier molecular flexibility index (Phi) is 1.62. The average Bonchev–Trinajstić information content (AvgIpc) is 2.21. The minimum Gasteiger partial charge on any atom is -0.545 e. The molecule has 2 heteroatoms. The first kappa shape index (κ1) is 8.00. The molecule has 0 aromatic heterocycles. The summed E-state index contributed by atoms with van der Waals surface area (Å²) in [6.45, 7) is 3.28. The Morgan fingerprint density at radius 1 is 1.50 bits per heavy atom. The summed E-state index contributed by atoms with van der Waals surface area (Å²) in [7, 11) is 6.78. The highest BCUT2D eigenvalue weighted by Crippen LogP contribution is 2.29. The summed E-state index contributed by atoms with van der Waals surface area (Å²) in [5.74, 6) is 0. The van der Waals surface area contributed by atoms with E-state index in [1.54, 1.807) is 0 Å². The lowest BCUT2D eigenvalue weighted by Gasteiger charge is -2.36. The van der Waals surface area contributed by atoms with Crippen molar-refractivity contribution in [3.8, 4) is 0 Å². The van der Waals surface area contributed by atoms with Crippen LogP contribution in [0.2, 0.25) is 0 Å². The summed E-state index contributed by atoms with van der Waals surface area (Å²) in [6, 6.07) is 0. The first-order valence-corrected chi connectivity index (χ1v) is 4.35. The van der Waals surface area contributed by atoms with Gasteiger partial charge in [-0.3, -0.25) is 0 Å². The number of nitrogens with zero attached hydrogens (tertiary/aromatic N) is 1. The molecule has 0 N–H and O–H groups in total. The zero-order valence-corrected chi connectivity index (χ0v) is 7.96. The van der Waals surface area contributed by atoms with Gasteiger partial charge in [0.2, 0.25) is 0 Å². The molecule has 0 atom stereocenters. The molecule has 0 spiro atoms. The molecule has 61 valence electrons. The van der Waals surface area contributed by atoms with E-state index in [4.69, 9.17) is 0 Å². The van der Waals surface area contributed by atoms with Gasteiger partial charge in [-0.15, -0.1) is 0 Å². The van der Waals surface area contributed by atoms with Gasteiger partial charge in [0.05, 0.1) is 25.1 Å². The summed E-state index contributed by atoms with van der Waals surface area (Å²) in [5, 5.41) is 0. The molecule has 1 aliphatic heterocycles. The standard InChI is InChI=1S/C10H14BN/c1-8-4-5-9-7-12(2,3)11-10(9)6-8/h4-6H,7H2,1-3H3/q+1. The lowest BCUT2D eigenvalue weighted by Crippen LogP contribution is -2.40. The predicted octanol–water partition coefficient (Wildman–Crippen LogP) is 1.32. The van der Waals surface area contributed by atoms with Crippen LogP contribution < -0.4 is 0 Å². The molecule has 1 aliphatic carbocycles. The number of hydrogen-bond acceptors (Lipinski definition) is 0. The van der Waals surface area contributed by atoms with Crippen LogP contribution >= 0.6 is 0 Å². The van der Waals surface area contributed by atoms with Gasteiger partial charge in [0.1, 0.15) is 6.42 Å². The Hall–Kier alpha value is -0.625. The van der Waals surface area contributed by atoms with Crippen molar-refractivity contribution in [1.82, 2.24) is 0 Å². The van der Waals surface area contributed by atoms with Crippen molar-refractivity contribution in [1.29, 1.82) is 0 Å². The molecule has 2 aliphatic rings. The van der Waals surface area contributed by atoms with Crippen LogP contribution in [0.25, 0.3) is 0 Å². The van der Waals surface area contributed by atoms with Gasteiger partial charge in [0.25, 0.3) is 0 Å². The van der Waals surface area contributed by atoms with Gasteiger partial charge in [-0.05, 0) is 6.92 Å². The first-order valence-electron chi connectivity index (χ1n) is 4.35. The van der Waals surface area contributed by atoms with Gasteiger partial charge in [0, 0.05) is 26.6 Å². The van der Waals surface area contributed by atoms with Gasteiger partial charge < -0.3 is 4.39 Å². The molecule has 0 bridgehead atoms. The van der Waals surface area contributed by atoms with Crippen LogP contribution in [0.15, 0.2) is 22.7 Å². The molecular formula is C10H14BN+. The molecule has 1 nitrogen and oxygen atoms in total. The number of allylic oxidation sites excluding steroid dienone is 3. The maximum Gasteiger partial charge on any atom is 0.121 e. The van der Waals surface area contributed by atoms with Crippen LogP contribution in [0, 0.1) is 12.8 Å². The second-order valence-corrected chi connectivity index (χ2v) is 4.27. The Morgan fingerprint density at radius 3 is 3.00 bits per heavy atom. The van der Waals surface area contributed by atoms with Gasteiger partial charge in [-0.2, -0.15) is 0 Å². The van der Waals surface area contributed by atoms with E-state index in [9.17, 15) is 0 Å². The summed E-state index contributed by atoms with van der Waals surface area (Å²) < 4.78 is 0.985. The predicted molar refractivity (Wildman–Crippen MR) is 52.1 cm³/mol. The minimum absolute atomic E-state index is 0.985. The molecule has 0 fully saturated rings. The topological polar surface area (TPSA) is 0 Å². The van der Waals surface area contributed by atoms with Gasteiger partial charge in [-0.25, -0.2) is 0 Å². The zero-order chi connectivity index (χ0) is 8.77. The van der Waals surface area contributed by atoms with Crippen molar-refractivity contribution in [3.05, 3.63) is 35.5 Å². The van der Waals surface area contributed by atoms with Crippen molar-refractivity contribution in [3.63, 3.8) is 0 Å². The summed E-state index contributed by atoms with van der Waals surface area (Å²) in [4.78, 5) is 0. The van der Waals surface area contributed by atoms with Crippen molar-refractivity contribution >= 4 is 7.41 Å². The second kappa shape index (κ2) is 2.43. The van der Waals surface area contributed by atoms with Gasteiger partial charge >= 0.3 is 0 Å². The molecule has 0 aromatic rings. The Balaban J connectivity index is 2.16. The minimum atomic E-state index is 0.985. The van der Waals surface area contributed by atoms with Crippen molar-refractivity contribution in [2.45, 2.75) is 6.92 Å². The maximum atomic E-state index is 2.32. The van der Waals surface area contributed by atoms with Crippen LogP contribution in [-0.2, 0) is 0 Å². The van der Waals surface area contributed by atoms with Crippen LogP contribution in [-0.4, -0.2) is 32.4 Å². The van der Waals surface area contributed by atoms with Crippen LogP contribution in [0.3, 0.4) is 0 Å². The van der Waals surface area contributed by atoms with E-state index in [0.29, 0.717) is 0 Å². The third-order valence-corrected chi connectivity index (χ3v) is 2.37. The van der Waals surface area contributed by atoms with Crippen LogP contribution in [0.5, 0.6) is 0 Å². The third-order valence-electron chi connectivity index (χ3n) is 2.37. The summed E-state index contributed by atoms with van der Waals surface area (Å²) in [6.07, 6.45) is 6.70. The normalized spacial score (nSPS) is 26.4. The highest BCUT2D eigenvalue weighted by atomic mass is 15.2. The smallest absolute Gasteiger partial charge is 0.121 e. The van der Waals surface area contributed by atoms with Crippen LogP contribution in [0.4, 0.5) is 0 Å². The van der Waals surface area contributed by atoms with Crippen molar-refractivity contribution in [2.75, 3.05) is 20.6 Å². The van der Waals surface area contributed by atoms with E-state index in [-0.39, 0.29) is 0 Å². The SMILES string of the molecule is CC1=C[CH]C2=C([B-][N+](C)(C)C2)[CH+]1. The fourth-order valence-corrected chi connectivity index (χ4v) is 1.84. The lowest BCUT2D eigenvalue weighted by atomic mass is 9.74. The van der Waals surface area contributed by atoms with E-state index in [1.165, 1.54) is 16.6 Å². The molecule has 12 heavy (non-hydrogen) atoms. The van der Waals surface area contributed by atoms with Crippen LogP contribution in [0.1, 0.15) is 6.92 Å². The number of likely N-dealkylation sites (N-methyl/N-ethyl adjacent to an activating group) is 1. The van der Waals surface area contributed by atoms with Gasteiger partial charge in [0.15, 0.2) is 0 Å². The zero-order valence-electron chi connectivity index (χ0n) is 7.96. The van der Waals surface area contributed by atoms with E-state index in [2.05, 4.69) is 47.4 Å². The molecule has 0 aromatic carbocycles. The van der Waals surface area contributed by atoms with Crippen molar-refractivity contribution in [2.24, 2.45) is 0 Å². The summed E-state index contributed by atoms with van der Waals surface area (Å²) in [5.41, 5.74) is 4.25. The number of rotatable bonds is 0. The number of quaternary nitrogens is 1. The third kappa shape index (κ3) is 1.31. The van der Waals surface area contributed by atoms with Crippen molar-refractivity contribution < 1.29 is 4.39 Å². The van der Waals surface area contributed by atoms with E-state index in [0.717, 1.165) is 10.9 Å². The molecule has 0 saturated heterocycles. The Labute approximate surface area is 75.6 Å². The summed E-state index contributed by atoms with van der Waals surface area (Å²) >= 11 is 0. The van der Waals surface area contributed by atoms with E-state index in [1.807, 2.05) is 0 Å².